The first kappa shape index (κ1) is 17.5. The first-order chi connectivity index (χ1) is 11.7. The third-order valence-electron chi connectivity index (χ3n) is 4.78. The molecule has 24 heavy (non-hydrogen) atoms. The summed E-state index contributed by atoms with van der Waals surface area (Å²) in [4.78, 5) is 17.0. The summed E-state index contributed by atoms with van der Waals surface area (Å²) in [6.45, 7) is 4.08. The van der Waals surface area contributed by atoms with Crippen LogP contribution in [0.5, 0.6) is 0 Å². The molecule has 0 bridgehead atoms. The molecule has 3 rings (SSSR count). The molecule has 2 saturated heterocycles. The monoisotopic (exact) mass is 352 g/mol. The maximum Gasteiger partial charge on any atom is 0.255 e. The van der Waals surface area contributed by atoms with Crippen LogP contribution in [-0.4, -0.2) is 61.9 Å². The number of carbonyl (C=O) groups excluding carboxylic acids is 1. The van der Waals surface area contributed by atoms with Gasteiger partial charge in [-0.05, 0) is 37.5 Å². The third-order valence-corrected chi connectivity index (χ3v) is 5.11. The Hall–Kier alpha value is -1.30. The molecule has 0 aromatic heterocycles. The first-order valence-electron chi connectivity index (χ1n) is 8.71. The Morgan fingerprint density at radius 1 is 1.25 bits per heavy atom. The summed E-state index contributed by atoms with van der Waals surface area (Å²) in [6.07, 6.45) is 3.65. The van der Waals surface area contributed by atoms with Gasteiger partial charge in [-0.15, -0.1) is 0 Å². The molecule has 1 N–H and O–H groups in total. The van der Waals surface area contributed by atoms with Crippen molar-refractivity contribution in [2.75, 3.05) is 50.9 Å². The number of aliphatic hydroxyl groups is 1. The number of amides is 1. The van der Waals surface area contributed by atoms with E-state index in [1.807, 2.05) is 18.2 Å². The minimum absolute atomic E-state index is 0.0192. The summed E-state index contributed by atoms with van der Waals surface area (Å²) in [5.41, 5.74) is 1.60. The number of nitrogens with zero attached hydrogens (tertiary/aromatic N) is 2. The Morgan fingerprint density at radius 2 is 2.04 bits per heavy atom. The summed E-state index contributed by atoms with van der Waals surface area (Å²) in [5, 5.41) is 9.88. The van der Waals surface area contributed by atoms with Crippen LogP contribution >= 0.6 is 11.6 Å². The van der Waals surface area contributed by atoms with Crippen LogP contribution in [-0.2, 0) is 4.74 Å². The molecule has 0 radical (unpaired) electrons. The molecule has 2 heterocycles. The van der Waals surface area contributed by atoms with E-state index in [1.165, 1.54) is 19.3 Å². The lowest BCUT2D eigenvalue weighted by Crippen LogP contribution is -2.37. The minimum atomic E-state index is -0.0807. The van der Waals surface area contributed by atoms with E-state index in [2.05, 4.69) is 4.90 Å². The first-order valence-corrected chi connectivity index (χ1v) is 9.09. The summed E-state index contributed by atoms with van der Waals surface area (Å²) >= 11 is 6.31. The quantitative estimate of drug-likeness (QED) is 0.907. The van der Waals surface area contributed by atoms with E-state index in [9.17, 15) is 9.90 Å². The third kappa shape index (κ3) is 4.02. The van der Waals surface area contributed by atoms with Crippen molar-refractivity contribution in [1.82, 2.24) is 4.90 Å². The second kappa shape index (κ2) is 8.19. The molecular formula is C18H25ClN2O3. The Balaban J connectivity index is 1.80. The zero-order valence-electron chi connectivity index (χ0n) is 13.9. The van der Waals surface area contributed by atoms with Crippen molar-refractivity contribution < 1.29 is 14.6 Å². The topological polar surface area (TPSA) is 53.0 Å². The number of piperidine rings is 1. The molecule has 1 atom stereocenters. The summed E-state index contributed by atoms with van der Waals surface area (Å²) in [6, 6.07) is 5.72. The van der Waals surface area contributed by atoms with Crippen LogP contribution in [0, 0.1) is 5.92 Å². The Kier molecular flexibility index (Phi) is 5.98. The smallest absolute Gasteiger partial charge is 0.255 e. The van der Waals surface area contributed by atoms with Gasteiger partial charge in [0.2, 0.25) is 0 Å². The van der Waals surface area contributed by atoms with Crippen LogP contribution < -0.4 is 4.90 Å². The predicted molar refractivity (Wildman–Crippen MR) is 94.8 cm³/mol. The van der Waals surface area contributed by atoms with E-state index in [-0.39, 0.29) is 18.4 Å². The molecule has 6 heteroatoms. The van der Waals surface area contributed by atoms with Gasteiger partial charge in [-0.2, -0.15) is 0 Å². The van der Waals surface area contributed by atoms with Crippen molar-refractivity contribution >= 4 is 23.2 Å². The van der Waals surface area contributed by atoms with E-state index in [4.69, 9.17) is 16.3 Å². The van der Waals surface area contributed by atoms with Gasteiger partial charge in [0.25, 0.3) is 5.91 Å². The summed E-state index contributed by atoms with van der Waals surface area (Å²) < 4.78 is 5.47. The molecule has 1 unspecified atom stereocenters. The second-order valence-corrected chi connectivity index (χ2v) is 6.99. The van der Waals surface area contributed by atoms with Crippen molar-refractivity contribution in [2.45, 2.75) is 19.3 Å². The van der Waals surface area contributed by atoms with Gasteiger partial charge in [-0.3, -0.25) is 4.79 Å². The Labute approximate surface area is 148 Å². The number of aliphatic hydroxyl groups excluding tert-OH is 1. The van der Waals surface area contributed by atoms with Gasteiger partial charge in [0.05, 0.1) is 23.8 Å². The number of anilines is 1. The van der Waals surface area contributed by atoms with E-state index in [0.717, 1.165) is 18.8 Å². The Bertz CT molecular complexity index is 575. The standard InChI is InChI=1S/C18H25ClN2O3/c19-17-5-4-15(20-6-2-1-3-7-20)10-16(17)18(23)21-8-9-24-13-14(11-21)12-22/h4-5,10,14,22H,1-3,6-9,11-13H2. The molecule has 2 aliphatic rings. The normalized spacial score (nSPS) is 22.3. The lowest BCUT2D eigenvalue weighted by molar-refractivity contribution is 0.0728. The molecule has 2 fully saturated rings. The van der Waals surface area contributed by atoms with Crippen molar-refractivity contribution in [1.29, 1.82) is 0 Å². The number of hydrogen-bond donors (Lipinski definition) is 1. The predicted octanol–water partition coefficient (Wildman–Crippen LogP) is 2.41. The van der Waals surface area contributed by atoms with Gasteiger partial charge in [0, 0.05) is 44.4 Å². The van der Waals surface area contributed by atoms with Gasteiger partial charge >= 0.3 is 0 Å². The van der Waals surface area contributed by atoms with Crippen LogP contribution in [0.25, 0.3) is 0 Å². The van der Waals surface area contributed by atoms with Crippen molar-refractivity contribution in [3.05, 3.63) is 28.8 Å². The molecular weight excluding hydrogens is 328 g/mol. The van der Waals surface area contributed by atoms with Crippen LogP contribution in [0.4, 0.5) is 5.69 Å². The average Bonchev–Trinajstić information content (AvgIpc) is 2.88. The highest BCUT2D eigenvalue weighted by Crippen LogP contribution is 2.27. The molecule has 1 aromatic carbocycles. The number of ether oxygens (including phenoxy) is 1. The highest BCUT2D eigenvalue weighted by Gasteiger charge is 2.25. The number of benzene rings is 1. The fourth-order valence-electron chi connectivity index (χ4n) is 3.37. The van der Waals surface area contributed by atoms with Crippen molar-refractivity contribution in [3.8, 4) is 0 Å². The van der Waals surface area contributed by atoms with E-state index in [0.29, 0.717) is 36.9 Å². The summed E-state index contributed by atoms with van der Waals surface area (Å²) in [5.74, 6) is -0.122. The maximum absolute atomic E-state index is 13.0. The highest BCUT2D eigenvalue weighted by atomic mass is 35.5. The molecule has 1 amide bonds. The fourth-order valence-corrected chi connectivity index (χ4v) is 3.57. The molecule has 132 valence electrons. The van der Waals surface area contributed by atoms with Gasteiger partial charge in [0.1, 0.15) is 0 Å². The van der Waals surface area contributed by atoms with Crippen molar-refractivity contribution in [3.63, 3.8) is 0 Å². The molecule has 0 aliphatic carbocycles. The van der Waals surface area contributed by atoms with E-state index >= 15 is 0 Å². The largest absolute Gasteiger partial charge is 0.396 e. The zero-order chi connectivity index (χ0) is 16.9. The highest BCUT2D eigenvalue weighted by molar-refractivity contribution is 6.34. The van der Waals surface area contributed by atoms with Crippen LogP contribution in [0.2, 0.25) is 5.02 Å². The fraction of sp³-hybridized carbons (Fsp3) is 0.611. The van der Waals surface area contributed by atoms with Gasteiger partial charge in [-0.25, -0.2) is 0 Å². The molecule has 0 saturated carbocycles. The molecule has 1 aromatic rings. The lowest BCUT2D eigenvalue weighted by atomic mass is 10.1. The molecule has 2 aliphatic heterocycles. The van der Waals surface area contributed by atoms with Gasteiger partial charge < -0.3 is 19.6 Å². The van der Waals surface area contributed by atoms with Crippen LogP contribution in [0.1, 0.15) is 29.6 Å². The lowest BCUT2D eigenvalue weighted by Gasteiger charge is -2.30. The molecule has 5 nitrogen and oxygen atoms in total. The number of hydrogen-bond acceptors (Lipinski definition) is 4. The number of carbonyl (C=O) groups is 1. The zero-order valence-corrected chi connectivity index (χ0v) is 14.7. The van der Waals surface area contributed by atoms with E-state index in [1.54, 1.807) is 4.90 Å². The summed E-state index contributed by atoms with van der Waals surface area (Å²) in [7, 11) is 0. The van der Waals surface area contributed by atoms with Crippen LogP contribution in [0.15, 0.2) is 18.2 Å². The van der Waals surface area contributed by atoms with Gasteiger partial charge in [0.15, 0.2) is 0 Å². The van der Waals surface area contributed by atoms with E-state index < -0.39 is 0 Å². The average molecular weight is 353 g/mol. The minimum Gasteiger partial charge on any atom is -0.396 e. The van der Waals surface area contributed by atoms with Gasteiger partial charge in [-0.1, -0.05) is 11.6 Å². The SMILES string of the molecule is O=C(c1cc(N2CCCCC2)ccc1Cl)N1CCOCC(CO)C1. The molecule has 0 spiro atoms. The number of halogens is 1. The van der Waals surface area contributed by atoms with Crippen LogP contribution in [0.3, 0.4) is 0 Å². The van der Waals surface area contributed by atoms with Crippen molar-refractivity contribution in [2.24, 2.45) is 5.92 Å². The Morgan fingerprint density at radius 3 is 2.79 bits per heavy atom. The number of rotatable bonds is 3. The maximum atomic E-state index is 13.0. The second-order valence-electron chi connectivity index (χ2n) is 6.59.